The van der Waals surface area contributed by atoms with Crippen LogP contribution in [0.4, 0.5) is 0 Å². The summed E-state index contributed by atoms with van der Waals surface area (Å²) in [5.41, 5.74) is 0. The molecule has 3 aliphatic rings. The van der Waals surface area contributed by atoms with E-state index in [9.17, 15) is 4.79 Å². The van der Waals surface area contributed by atoms with Crippen molar-refractivity contribution in [3.63, 3.8) is 0 Å². The molecule has 1 saturated carbocycles. The van der Waals surface area contributed by atoms with E-state index in [4.69, 9.17) is 4.74 Å². The molecule has 0 aromatic rings. The number of nitrogens with one attached hydrogen (secondary N) is 2. The van der Waals surface area contributed by atoms with Gasteiger partial charge in [-0.25, -0.2) is 0 Å². The summed E-state index contributed by atoms with van der Waals surface area (Å²) in [6.07, 6.45) is 4.92. The van der Waals surface area contributed by atoms with E-state index in [1.54, 1.807) is 0 Å². The molecule has 0 radical (unpaired) electrons. The van der Waals surface area contributed by atoms with Gasteiger partial charge in [0.25, 0.3) is 0 Å². The third-order valence-electron chi connectivity index (χ3n) is 4.11. The topological polar surface area (TPSA) is 53.6 Å². The van der Waals surface area contributed by atoms with Crippen LogP contribution in [0.5, 0.6) is 0 Å². The number of carbonyl (C=O) groups excluding carboxylic acids is 1. The van der Waals surface area contributed by atoms with Gasteiger partial charge >= 0.3 is 0 Å². The first-order chi connectivity index (χ1) is 8.83. The highest BCUT2D eigenvalue weighted by atomic mass is 16.5. The lowest BCUT2D eigenvalue weighted by molar-refractivity contribution is -0.124. The maximum absolute atomic E-state index is 11.9. The van der Waals surface area contributed by atoms with Crippen molar-refractivity contribution in [2.75, 3.05) is 32.8 Å². The van der Waals surface area contributed by atoms with Gasteiger partial charge in [0.1, 0.15) is 0 Å². The van der Waals surface area contributed by atoms with Crippen molar-refractivity contribution < 1.29 is 9.53 Å². The highest BCUT2D eigenvalue weighted by molar-refractivity contribution is 5.82. The van der Waals surface area contributed by atoms with E-state index in [2.05, 4.69) is 15.5 Å². The number of hydrogen-bond acceptors (Lipinski definition) is 4. The fourth-order valence-corrected chi connectivity index (χ4v) is 2.88. The molecular weight excluding hydrogens is 230 g/mol. The fraction of sp³-hybridized carbons (Fsp3) is 0.923. The number of carbonyl (C=O) groups is 1. The third kappa shape index (κ3) is 3.02. The molecule has 5 nitrogen and oxygen atoms in total. The van der Waals surface area contributed by atoms with E-state index in [0.29, 0.717) is 6.54 Å². The Balaban J connectivity index is 1.40. The third-order valence-corrected chi connectivity index (χ3v) is 4.11. The molecule has 3 rings (SSSR count). The Hall–Kier alpha value is -0.650. The zero-order chi connectivity index (χ0) is 12.4. The molecule has 2 aliphatic heterocycles. The molecule has 1 aliphatic carbocycles. The molecular formula is C13H23N3O2. The van der Waals surface area contributed by atoms with Gasteiger partial charge < -0.3 is 15.4 Å². The lowest BCUT2D eigenvalue weighted by Crippen LogP contribution is -2.50. The van der Waals surface area contributed by atoms with Crippen molar-refractivity contribution in [3.8, 4) is 0 Å². The normalized spacial score (nSPS) is 33.6. The van der Waals surface area contributed by atoms with Crippen LogP contribution in [0.3, 0.4) is 0 Å². The summed E-state index contributed by atoms with van der Waals surface area (Å²) in [6, 6.07) is 0.816. The molecule has 102 valence electrons. The number of amides is 1. The van der Waals surface area contributed by atoms with Crippen LogP contribution in [-0.2, 0) is 9.53 Å². The molecule has 2 saturated heterocycles. The minimum atomic E-state index is 0.0214. The average molecular weight is 253 g/mol. The number of morpholine rings is 1. The van der Waals surface area contributed by atoms with Crippen LogP contribution < -0.4 is 10.6 Å². The Morgan fingerprint density at radius 1 is 1.39 bits per heavy atom. The molecule has 2 atom stereocenters. The molecule has 0 bridgehead atoms. The summed E-state index contributed by atoms with van der Waals surface area (Å²) in [4.78, 5) is 14.4. The van der Waals surface area contributed by atoms with Crippen molar-refractivity contribution in [3.05, 3.63) is 0 Å². The molecule has 18 heavy (non-hydrogen) atoms. The van der Waals surface area contributed by atoms with Gasteiger partial charge in [-0.15, -0.1) is 0 Å². The average Bonchev–Trinajstić information content (AvgIpc) is 3.11. The first-order valence-electron chi connectivity index (χ1n) is 7.19. The molecule has 0 aromatic heterocycles. The molecule has 5 heteroatoms. The Morgan fingerprint density at radius 2 is 2.28 bits per heavy atom. The Kier molecular flexibility index (Phi) is 3.82. The van der Waals surface area contributed by atoms with Gasteiger partial charge in [-0.3, -0.25) is 9.69 Å². The SMILES string of the molecule is O=C(NCC1CN(C2CC2)CCO1)C1CCCN1. The van der Waals surface area contributed by atoms with E-state index in [0.717, 1.165) is 45.1 Å². The quantitative estimate of drug-likeness (QED) is 0.723. The summed E-state index contributed by atoms with van der Waals surface area (Å²) < 4.78 is 5.72. The second-order valence-corrected chi connectivity index (χ2v) is 5.61. The summed E-state index contributed by atoms with van der Waals surface area (Å²) in [5, 5.41) is 6.24. The highest BCUT2D eigenvalue weighted by Gasteiger charge is 2.33. The van der Waals surface area contributed by atoms with Gasteiger partial charge in [-0.2, -0.15) is 0 Å². The molecule has 2 unspecified atom stereocenters. The molecule has 0 aromatic carbocycles. The van der Waals surface area contributed by atoms with Crippen LogP contribution in [0, 0.1) is 0 Å². The maximum atomic E-state index is 11.9. The molecule has 2 heterocycles. The monoisotopic (exact) mass is 253 g/mol. The number of rotatable bonds is 4. The van der Waals surface area contributed by atoms with Crippen molar-refractivity contribution in [1.29, 1.82) is 0 Å². The van der Waals surface area contributed by atoms with E-state index in [1.165, 1.54) is 12.8 Å². The van der Waals surface area contributed by atoms with Crippen LogP contribution in [0.2, 0.25) is 0 Å². The van der Waals surface area contributed by atoms with E-state index in [1.807, 2.05) is 0 Å². The highest BCUT2D eigenvalue weighted by Crippen LogP contribution is 2.28. The summed E-state index contributed by atoms with van der Waals surface area (Å²) >= 11 is 0. The second-order valence-electron chi connectivity index (χ2n) is 5.61. The fourth-order valence-electron chi connectivity index (χ4n) is 2.88. The predicted molar refractivity (Wildman–Crippen MR) is 68.4 cm³/mol. The minimum absolute atomic E-state index is 0.0214. The molecule has 3 fully saturated rings. The maximum Gasteiger partial charge on any atom is 0.237 e. The van der Waals surface area contributed by atoms with Crippen LogP contribution in [-0.4, -0.2) is 61.8 Å². The summed E-state index contributed by atoms with van der Waals surface area (Å²) in [5.74, 6) is 0.139. The van der Waals surface area contributed by atoms with Crippen molar-refractivity contribution in [2.24, 2.45) is 0 Å². The van der Waals surface area contributed by atoms with E-state index < -0.39 is 0 Å². The smallest absolute Gasteiger partial charge is 0.237 e. The zero-order valence-electron chi connectivity index (χ0n) is 10.9. The van der Waals surface area contributed by atoms with Crippen molar-refractivity contribution in [2.45, 2.75) is 43.9 Å². The van der Waals surface area contributed by atoms with Gasteiger partial charge in [-0.05, 0) is 32.2 Å². The first kappa shape index (κ1) is 12.4. The van der Waals surface area contributed by atoms with Crippen LogP contribution in [0.25, 0.3) is 0 Å². The molecule has 2 N–H and O–H groups in total. The number of ether oxygens (including phenoxy) is 1. The van der Waals surface area contributed by atoms with Crippen LogP contribution in [0.15, 0.2) is 0 Å². The van der Waals surface area contributed by atoms with Crippen LogP contribution in [0.1, 0.15) is 25.7 Å². The Morgan fingerprint density at radius 3 is 3.00 bits per heavy atom. The van der Waals surface area contributed by atoms with Gasteiger partial charge in [0.05, 0.1) is 18.8 Å². The van der Waals surface area contributed by atoms with Gasteiger partial charge in [-0.1, -0.05) is 0 Å². The summed E-state index contributed by atoms with van der Waals surface area (Å²) in [6.45, 7) is 4.45. The lowest BCUT2D eigenvalue weighted by Gasteiger charge is -2.33. The number of nitrogens with zero attached hydrogens (tertiary/aromatic N) is 1. The minimum Gasteiger partial charge on any atom is -0.374 e. The van der Waals surface area contributed by atoms with Crippen molar-refractivity contribution in [1.82, 2.24) is 15.5 Å². The first-order valence-corrected chi connectivity index (χ1v) is 7.19. The molecule has 0 spiro atoms. The largest absolute Gasteiger partial charge is 0.374 e. The Labute approximate surface area is 108 Å². The lowest BCUT2D eigenvalue weighted by atomic mass is 10.2. The van der Waals surface area contributed by atoms with Gasteiger partial charge in [0.2, 0.25) is 5.91 Å². The molecule has 1 amide bonds. The Bertz CT molecular complexity index is 301. The number of hydrogen-bond donors (Lipinski definition) is 2. The van der Waals surface area contributed by atoms with Gasteiger partial charge in [0.15, 0.2) is 0 Å². The summed E-state index contributed by atoms with van der Waals surface area (Å²) in [7, 11) is 0. The van der Waals surface area contributed by atoms with Crippen LogP contribution >= 0.6 is 0 Å². The van der Waals surface area contributed by atoms with Crippen molar-refractivity contribution >= 4 is 5.91 Å². The van der Waals surface area contributed by atoms with E-state index in [-0.39, 0.29) is 18.1 Å². The standard InChI is InChI=1S/C13H23N3O2/c17-13(12-2-1-5-14-12)15-8-11-9-16(6-7-18-11)10-3-4-10/h10-12,14H,1-9H2,(H,15,17). The van der Waals surface area contributed by atoms with Gasteiger partial charge in [0, 0.05) is 25.7 Å². The second kappa shape index (κ2) is 5.55. The predicted octanol–water partition coefficient (Wildman–Crippen LogP) is -0.282. The zero-order valence-corrected chi connectivity index (χ0v) is 10.9. The van der Waals surface area contributed by atoms with E-state index >= 15 is 0 Å².